The predicted molar refractivity (Wildman–Crippen MR) is 139 cm³/mol. The standard InChI is InChI=1S/C24H26N6O7S2/c31-18(9-28-19(32)11-38-23(28)35)30-13-3-4-17(30)15-7-25-22(26-16(15)6-13)27-5-1-2-14(8-27)37-21(34)10-29-20(33)12-39-24(29)36/h7,13-14,17H,1-6,8-12H2/t13-,14+,17-/m1/s1. The first-order valence-corrected chi connectivity index (χ1v) is 14.8. The lowest BCUT2D eigenvalue weighted by molar-refractivity contribution is -0.152. The number of carbonyl (C=O) groups is 6. The van der Waals surface area contributed by atoms with E-state index in [0.29, 0.717) is 31.9 Å². The van der Waals surface area contributed by atoms with Gasteiger partial charge in [0, 0.05) is 30.8 Å². The van der Waals surface area contributed by atoms with Gasteiger partial charge in [-0.05, 0) is 25.7 Å². The van der Waals surface area contributed by atoms with Crippen LogP contribution in [0.3, 0.4) is 0 Å². The molecular formula is C24H26N6O7S2. The average Bonchev–Trinajstić information content (AvgIpc) is 3.53. The number of anilines is 1. The van der Waals surface area contributed by atoms with Crippen molar-refractivity contribution in [1.82, 2.24) is 24.7 Å². The van der Waals surface area contributed by atoms with Crippen LogP contribution in [-0.4, -0.2) is 109 Å². The van der Waals surface area contributed by atoms with Gasteiger partial charge in [-0.1, -0.05) is 23.5 Å². The smallest absolute Gasteiger partial charge is 0.326 e. The van der Waals surface area contributed by atoms with Gasteiger partial charge in [-0.2, -0.15) is 0 Å². The van der Waals surface area contributed by atoms with Gasteiger partial charge in [0.15, 0.2) is 0 Å². The summed E-state index contributed by atoms with van der Waals surface area (Å²) in [6, 6.07) is -0.243. The Morgan fingerprint density at radius 2 is 1.69 bits per heavy atom. The molecule has 0 aromatic carbocycles. The summed E-state index contributed by atoms with van der Waals surface area (Å²) >= 11 is 1.79. The van der Waals surface area contributed by atoms with Crippen molar-refractivity contribution in [2.24, 2.45) is 0 Å². The van der Waals surface area contributed by atoms with E-state index in [-0.39, 0.29) is 59.6 Å². The van der Waals surface area contributed by atoms with Crippen LogP contribution >= 0.6 is 23.5 Å². The van der Waals surface area contributed by atoms with E-state index in [1.165, 1.54) is 0 Å². The summed E-state index contributed by atoms with van der Waals surface area (Å²) in [7, 11) is 0. The molecule has 4 fully saturated rings. The van der Waals surface area contributed by atoms with Crippen LogP contribution in [0, 0.1) is 0 Å². The van der Waals surface area contributed by atoms with Crippen LogP contribution in [0.2, 0.25) is 0 Å². The van der Waals surface area contributed by atoms with Crippen LogP contribution in [-0.2, 0) is 30.3 Å². The third-order valence-corrected chi connectivity index (χ3v) is 9.40. The van der Waals surface area contributed by atoms with Crippen LogP contribution in [0.1, 0.15) is 43.0 Å². The van der Waals surface area contributed by atoms with E-state index >= 15 is 0 Å². The second kappa shape index (κ2) is 10.4. The molecule has 1 aromatic rings. The second-order valence-corrected chi connectivity index (χ2v) is 11.9. The van der Waals surface area contributed by atoms with E-state index in [1.807, 2.05) is 4.90 Å². The Hall–Kier alpha value is -3.20. The van der Waals surface area contributed by atoms with Gasteiger partial charge in [-0.15, -0.1) is 0 Å². The Labute approximate surface area is 232 Å². The second-order valence-electron chi connectivity index (χ2n) is 10.1. The quantitative estimate of drug-likeness (QED) is 0.445. The molecule has 0 spiro atoms. The van der Waals surface area contributed by atoms with E-state index < -0.39 is 17.3 Å². The Kier molecular flexibility index (Phi) is 6.95. The number of hydrogen-bond donors (Lipinski definition) is 0. The van der Waals surface area contributed by atoms with E-state index in [9.17, 15) is 28.8 Å². The molecule has 6 heterocycles. The number of aromatic nitrogens is 2. The number of carbonyl (C=O) groups excluding carboxylic acids is 6. The van der Waals surface area contributed by atoms with Crippen molar-refractivity contribution in [3.05, 3.63) is 17.5 Å². The fourth-order valence-electron chi connectivity index (χ4n) is 5.85. The minimum absolute atomic E-state index is 0.0452. The van der Waals surface area contributed by atoms with Gasteiger partial charge in [0.25, 0.3) is 10.5 Å². The molecular weight excluding hydrogens is 548 g/mol. The van der Waals surface area contributed by atoms with Crippen molar-refractivity contribution in [2.45, 2.75) is 50.3 Å². The highest BCUT2D eigenvalue weighted by molar-refractivity contribution is 8.15. The largest absolute Gasteiger partial charge is 0.459 e. The fraction of sp³-hybridized carbons (Fsp3) is 0.583. The van der Waals surface area contributed by atoms with Gasteiger partial charge in [-0.25, -0.2) is 9.97 Å². The summed E-state index contributed by atoms with van der Waals surface area (Å²) in [4.78, 5) is 88.2. The number of esters is 1. The fourth-order valence-corrected chi connectivity index (χ4v) is 7.30. The molecule has 0 aliphatic carbocycles. The summed E-state index contributed by atoms with van der Waals surface area (Å²) in [5.41, 5.74) is 1.76. The predicted octanol–water partition coefficient (Wildman–Crippen LogP) is 0.968. The number of thioether (sulfide) groups is 2. The molecule has 206 valence electrons. The molecule has 0 unspecified atom stereocenters. The van der Waals surface area contributed by atoms with E-state index in [1.54, 1.807) is 11.1 Å². The van der Waals surface area contributed by atoms with E-state index in [2.05, 4.69) is 4.98 Å². The zero-order valence-corrected chi connectivity index (χ0v) is 22.6. The summed E-state index contributed by atoms with van der Waals surface area (Å²) in [6.45, 7) is 0.473. The van der Waals surface area contributed by atoms with Gasteiger partial charge >= 0.3 is 5.97 Å². The Morgan fingerprint density at radius 1 is 0.974 bits per heavy atom. The first-order chi connectivity index (χ1) is 18.8. The van der Waals surface area contributed by atoms with Crippen molar-refractivity contribution in [3.63, 3.8) is 0 Å². The van der Waals surface area contributed by atoms with Crippen LogP contribution in [0.25, 0.3) is 0 Å². The maximum atomic E-state index is 13.1. The lowest BCUT2D eigenvalue weighted by atomic mass is 9.99. The number of fused-ring (bicyclic) bond motifs is 4. The zero-order valence-electron chi connectivity index (χ0n) is 20.9. The molecule has 1 aromatic heterocycles. The lowest BCUT2D eigenvalue weighted by Crippen LogP contribution is -2.48. The first-order valence-electron chi connectivity index (χ1n) is 12.8. The molecule has 5 amide bonds. The molecule has 5 aliphatic rings. The van der Waals surface area contributed by atoms with Gasteiger partial charge < -0.3 is 14.5 Å². The summed E-state index contributed by atoms with van der Waals surface area (Å²) < 4.78 is 5.58. The highest BCUT2D eigenvalue weighted by Gasteiger charge is 2.45. The van der Waals surface area contributed by atoms with Crippen molar-refractivity contribution in [3.8, 4) is 0 Å². The third kappa shape index (κ3) is 4.97. The molecule has 4 saturated heterocycles. The number of ether oxygens (including phenoxy) is 1. The molecule has 39 heavy (non-hydrogen) atoms. The maximum Gasteiger partial charge on any atom is 0.326 e. The van der Waals surface area contributed by atoms with Crippen LogP contribution in [0.4, 0.5) is 15.5 Å². The zero-order chi connectivity index (χ0) is 27.3. The van der Waals surface area contributed by atoms with Gasteiger partial charge in [-0.3, -0.25) is 38.6 Å². The minimum Gasteiger partial charge on any atom is -0.459 e. The van der Waals surface area contributed by atoms with Crippen molar-refractivity contribution in [1.29, 1.82) is 0 Å². The SMILES string of the molecule is O=C(CN1C(=O)CSC1=O)O[C@H]1CCCN(c2ncc3c(n2)C[C@H]2CC[C@H]3N2C(=O)CN2C(=O)CSC2=O)C1. The minimum atomic E-state index is -0.616. The first kappa shape index (κ1) is 26.0. The summed E-state index contributed by atoms with van der Waals surface area (Å²) in [6.07, 6.45) is 4.90. The van der Waals surface area contributed by atoms with E-state index in [0.717, 1.165) is 63.8 Å². The molecule has 2 bridgehead atoms. The number of imide groups is 2. The number of amides is 5. The molecule has 13 nitrogen and oxygen atoms in total. The van der Waals surface area contributed by atoms with Crippen molar-refractivity contribution in [2.75, 3.05) is 42.6 Å². The third-order valence-electron chi connectivity index (χ3n) is 7.69. The molecule has 0 N–H and O–H groups in total. The molecule has 0 radical (unpaired) electrons. The van der Waals surface area contributed by atoms with Crippen LogP contribution < -0.4 is 4.90 Å². The average molecular weight is 575 g/mol. The molecule has 15 heteroatoms. The van der Waals surface area contributed by atoms with Crippen molar-refractivity contribution >= 4 is 63.6 Å². The van der Waals surface area contributed by atoms with Gasteiger partial charge in [0.1, 0.15) is 19.2 Å². The number of nitrogens with zero attached hydrogens (tertiary/aromatic N) is 6. The number of hydrogen-bond acceptors (Lipinski definition) is 12. The maximum absolute atomic E-state index is 13.1. The lowest BCUT2D eigenvalue weighted by Gasteiger charge is -2.37. The molecule has 0 saturated carbocycles. The number of rotatable bonds is 6. The van der Waals surface area contributed by atoms with Crippen LogP contribution in [0.5, 0.6) is 0 Å². The van der Waals surface area contributed by atoms with Gasteiger partial charge in [0.2, 0.25) is 23.7 Å². The molecule has 3 atom stereocenters. The molecule has 5 aliphatic heterocycles. The summed E-state index contributed by atoms with van der Waals surface area (Å²) in [5, 5.41) is -0.815. The Balaban J connectivity index is 1.10. The monoisotopic (exact) mass is 574 g/mol. The normalized spacial score (nSPS) is 26.5. The topological polar surface area (TPSA) is 150 Å². The van der Waals surface area contributed by atoms with E-state index in [4.69, 9.17) is 9.72 Å². The highest BCUT2D eigenvalue weighted by Crippen LogP contribution is 2.43. The highest BCUT2D eigenvalue weighted by atomic mass is 32.2. The Morgan fingerprint density at radius 3 is 2.38 bits per heavy atom. The number of piperidine rings is 1. The summed E-state index contributed by atoms with van der Waals surface area (Å²) in [5.74, 6) is -0.928. The Bertz CT molecular complexity index is 1250. The van der Waals surface area contributed by atoms with Gasteiger partial charge in [0.05, 0.1) is 29.8 Å². The molecule has 6 rings (SSSR count). The van der Waals surface area contributed by atoms with Crippen LogP contribution in [0.15, 0.2) is 6.20 Å². The van der Waals surface area contributed by atoms with Crippen molar-refractivity contribution < 1.29 is 33.5 Å².